The first kappa shape index (κ1) is 19.8. The zero-order valence-electron chi connectivity index (χ0n) is 16.9. The van der Waals surface area contributed by atoms with Crippen molar-refractivity contribution in [2.75, 3.05) is 18.0 Å². The van der Waals surface area contributed by atoms with E-state index >= 15 is 0 Å². The molecular weight excluding hydrogens is 378 g/mol. The zero-order chi connectivity index (χ0) is 20.9. The molecule has 2 heterocycles. The van der Waals surface area contributed by atoms with E-state index in [1.807, 2.05) is 61.5 Å². The molecule has 0 saturated heterocycles. The maximum atomic E-state index is 12.5. The molecule has 1 aliphatic rings. The van der Waals surface area contributed by atoms with Crippen molar-refractivity contribution < 1.29 is 14.0 Å². The summed E-state index contributed by atoms with van der Waals surface area (Å²) >= 11 is 0. The first-order chi connectivity index (χ1) is 14.6. The Morgan fingerprint density at radius 1 is 1.00 bits per heavy atom. The molecule has 0 fully saturated rings. The lowest BCUT2D eigenvalue weighted by atomic mass is 10.1. The Morgan fingerprint density at radius 3 is 2.53 bits per heavy atom. The number of fused-ring (bicyclic) bond motifs is 1. The summed E-state index contributed by atoms with van der Waals surface area (Å²) < 4.78 is 5.64. The van der Waals surface area contributed by atoms with Gasteiger partial charge < -0.3 is 20.0 Å². The van der Waals surface area contributed by atoms with E-state index in [2.05, 4.69) is 27.7 Å². The number of carbonyl (C=O) groups is 2. The summed E-state index contributed by atoms with van der Waals surface area (Å²) in [7, 11) is 0. The van der Waals surface area contributed by atoms with Crippen LogP contribution in [0.25, 0.3) is 0 Å². The van der Waals surface area contributed by atoms with Gasteiger partial charge in [-0.3, -0.25) is 9.59 Å². The second kappa shape index (κ2) is 8.86. The van der Waals surface area contributed by atoms with E-state index in [1.165, 1.54) is 5.56 Å². The van der Waals surface area contributed by atoms with Crippen molar-refractivity contribution in [1.82, 2.24) is 10.6 Å². The van der Waals surface area contributed by atoms with E-state index in [4.69, 9.17) is 4.42 Å². The van der Waals surface area contributed by atoms with Crippen LogP contribution >= 0.6 is 0 Å². The Kier molecular flexibility index (Phi) is 5.84. The third-order valence-corrected chi connectivity index (χ3v) is 5.48. The minimum absolute atomic E-state index is 0.188. The molecule has 2 amide bonds. The van der Waals surface area contributed by atoms with E-state index in [1.54, 1.807) is 6.26 Å². The number of rotatable bonds is 6. The first-order valence-electron chi connectivity index (χ1n) is 10.1. The van der Waals surface area contributed by atoms with Crippen LogP contribution in [-0.2, 0) is 16.0 Å². The van der Waals surface area contributed by atoms with Crippen LogP contribution in [0.2, 0.25) is 0 Å². The highest BCUT2D eigenvalue weighted by atomic mass is 16.3. The van der Waals surface area contributed by atoms with Crippen molar-refractivity contribution in [3.63, 3.8) is 0 Å². The third kappa shape index (κ3) is 4.22. The van der Waals surface area contributed by atoms with Gasteiger partial charge in [-0.15, -0.1) is 0 Å². The van der Waals surface area contributed by atoms with Crippen LogP contribution in [0, 0.1) is 0 Å². The van der Waals surface area contributed by atoms with E-state index in [0.717, 1.165) is 30.0 Å². The van der Waals surface area contributed by atoms with Crippen molar-refractivity contribution in [3.05, 3.63) is 89.9 Å². The number of benzene rings is 2. The van der Waals surface area contributed by atoms with Gasteiger partial charge in [0.1, 0.15) is 11.8 Å². The van der Waals surface area contributed by atoms with Crippen LogP contribution in [-0.4, -0.2) is 24.9 Å². The van der Waals surface area contributed by atoms with Crippen LogP contribution in [0.3, 0.4) is 0 Å². The van der Waals surface area contributed by atoms with Gasteiger partial charge in [0, 0.05) is 18.8 Å². The lowest BCUT2D eigenvalue weighted by Crippen LogP contribution is -2.44. The summed E-state index contributed by atoms with van der Waals surface area (Å²) in [5.41, 5.74) is 3.35. The van der Waals surface area contributed by atoms with Crippen molar-refractivity contribution in [2.45, 2.75) is 25.4 Å². The SMILES string of the molecule is C[C@H](NC(=O)C(=O)NC[C@H](c1ccco1)N1CCc2ccccc21)c1ccccc1. The van der Waals surface area contributed by atoms with Gasteiger partial charge in [0.25, 0.3) is 0 Å². The van der Waals surface area contributed by atoms with Gasteiger partial charge in [-0.1, -0.05) is 48.5 Å². The van der Waals surface area contributed by atoms with E-state index in [-0.39, 0.29) is 18.6 Å². The summed E-state index contributed by atoms with van der Waals surface area (Å²) in [4.78, 5) is 27.1. The van der Waals surface area contributed by atoms with Gasteiger partial charge in [-0.05, 0) is 42.7 Å². The molecule has 1 aliphatic heterocycles. The van der Waals surface area contributed by atoms with Gasteiger partial charge in [0.2, 0.25) is 0 Å². The highest BCUT2D eigenvalue weighted by molar-refractivity contribution is 6.35. The monoisotopic (exact) mass is 403 g/mol. The molecular formula is C24H25N3O3. The summed E-state index contributed by atoms with van der Waals surface area (Å²) in [5.74, 6) is -0.543. The topological polar surface area (TPSA) is 74.6 Å². The Hall–Kier alpha value is -3.54. The number of furan rings is 1. The smallest absolute Gasteiger partial charge is 0.309 e. The minimum atomic E-state index is -0.651. The quantitative estimate of drug-likeness (QED) is 0.619. The molecule has 3 aromatic rings. The van der Waals surface area contributed by atoms with E-state index in [9.17, 15) is 9.59 Å². The average molecular weight is 403 g/mol. The number of nitrogens with one attached hydrogen (secondary N) is 2. The normalized spacial score (nSPS) is 14.6. The number of anilines is 1. The molecule has 2 atom stereocenters. The molecule has 0 aliphatic carbocycles. The number of amides is 2. The van der Waals surface area contributed by atoms with Gasteiger partial charge in [0.15, 0.2) is 0 Å². The van der Waals surface area contributed by atoms with Crippen LogP contribution in [0.1, 0.15) is 35.9 Å². The lowest BCUT2D eigenvalue weighted by Gasteiger charge is -2.29. The Morgan fingerprint density at radius 2 is 1.77 bits per heavy atom. The van der Waals surface area contributed by atoms with Gasteiger partial charge >= 0.3 is 11.8 Å². The standard InChI is InChI=1S/C24H25N3O3/c1-17(18-8-3-2-4-9-18)26-24(29)23(28)25-16-21(22-12-7-15-30-22)27-14-13-19-10-5-6-11-20(19)27/h2-12,15,17,21H,13-14,16H2,1H3,(H,25,28)(H,26,29)/t17-,21+/m0/s1. The summed E-state index contributed by atoms with van der Waals surface area (Å²) in [6, 6.07) is 21.1. The molecule has 6 nitrogen and oxygen atoms in total. The molecule has 0 radical (unpaired) electrons. The Balaban J connectivity index is 1.42. The molecule has 30 heavy (non-hydrogen) atoms. The number of hydrogen-bond donors (Lipinski definition) is 2. The molecule has 2 N–H and O–H groups in total. The highest BCUT2D eigenvalue weighted by Gasteiger charge is 2.29. The summed E-state index contributed by atoms with van der Waals surface area (Å²) in [5, 5.41) is 5.53. The maximum Gasteiger partial charge on any atom is 0.309 e. The fourth-order valence-electron chi connectivity index (χ4n) is 3.89. The molecule has 0 bridgehead atoms. The molecule has 4 rings (SSSR count). The lowest BCUT2D eigenvalue weighted by molar-refractivity contribution is -0.139. The predicted octanol–water partition coefficient (Wildman–Crippen LogP) is 3.38. The molecule has 1 aromatic heterocycles. The van der Waals surface area contributed by atoms with Crippen molar-refractivity contribution in [2.24, 2.45) is 0 Å². The minimum Gasteiger partial charge on any atom is -0.467 e. The zero-order valence-corrected chi connectivity index (χ0v) is 16.9. The van der Waals surface area contributed by atoms with Gasteiger partial charge in [-0.2, -0.15) is 0 Å². The highest BCUT2D eigenvalue weighted by Crippen LogP contribution is 2.34. The van der Waals surface area contributed by atoms with Gasteiger partial charge in [0.05, 0.1) is 12.3 Å². The number of nitrogens with zero attached hydrogens (tertiary/aromatic N) is 1. The molecule has 154 valence electrons. The van der Waals surface area contributed by atoms with E-state index < -0.39 is 11.8 Å². The summed E-state index contributed by atoms with van der Waals surface area (Å²) in [6.45, 7) is 2.96. The fourth-order valence-corrected chi connectivity index (χ4v) is 3.89. The maximum absolute atomic E-state index is 12.5. The van der Waals surface area contributed by atoms with Crippen molar-refractivity contribution >= 4 is 17.5 Å². The summed E-state index contributed by atoms with van der Waals surface area (Å²) in [6.07, 6.45) is 2.57. The molecule has 0 spiro atoms. The van der Waals surface area contributed by atoms with Gasteiger partial charge in [-0.25, -0.2) is 0 Å². The van der Waals surface area contributed by atoms with Crippen LogP contribution in [0.5, 0.6) is 0 Å². The van der Waals surface area contributed by atoms with Crippen LogP contribution in [0.15, 0.2) is 77.4 Å². The number of para-hydroxylation sites is 1. The van der Waals surface area contributed by atoms with Crippen molar-refractivity contribution in [1.29, 1.82) is 0 Å². The van der Waals surface area contributed by atoms with E-state index in [0.29, 0.717) is 0 Å². The third-order valence-electron chi connectivity index (χ3n) is 5.48. The Bertz CT molecular complexity index is 1000. The molecule has 2 aromatic carbocycles. The molecule has 6 heteroatoms. The van der Waals surface area contributed by atoms with Crippen molar-refractivity contribution in [3.8, 4) is 0 Å². The second-order valence-corrected chi connectivity index (χ2v) is 7.42. The molecule has 0 unspecified atom stereocenters. The first-order valence-corrected chi connectivity index (χ1v) is 10.1. The van der Waals surface area contributed by atoms with Crippen LogP contribution in [0.4, 0.5) is 5.69 Å². The number of carbonyl (C=O) groups excluding carboxylic acids is 2. The van der Waals surface area contributed by atoms with Crippen LogP contribution < -0.4 is 15.5 Å². The average Bonchev–Trinajstić information content (AvgIpc) is 3.45. The second-order valence-electron chi connectivity index (χ2n) is 7.42. The fraction of sp³-hybridized carbons (Fsp3) is 0.250. The largest absolute Gasteiger partial charge is 0.467 e. The predicted molar refractivity (Wildman–Crippen MR) is 115 cm³/mol. The number of hydrogen-bond acceptors (Lipinski definition) is 4. The Labute approximate surface area is 175 Å². The molecule has 0 saturated carbocycles.